The second-order valence-corrected chi connectivity index (χ2v) is 4.25. The van der Waals surface area contributed by atoms with Crippen molar-refractivity contribution in [3.63, 3.8) is 0 Å². The van der Waals surface area contributed by atoms with Crippen LogP contribution in [0.15, 0.2) is 24.3 Å². The van der Waals surface area contributed by atoms with E-state index >= 15 is 0 Å². The molecule has 0 aliphatic carbocycles. The van der Waals surface area contributed by atoms with E-state index in [1.165, 1.54) is 7.11 Å². The molecule has 5 nitrogen and oxygen atoms in total. The van der Waals surface area contributed by atoms with Gasteiger partial charge in [0.25, 0.3) is 0 Å². The Kier molecular flexibility index (Phi) is 7.07. The summed E-state index contributed by atoms with van der Waals surface area (Å²) in [6, 6.07) is 7.32. The first-order valence-electron chi connectivity index (χ1n) is 5.87. The molecule has 1 unspecified atom stereocenters. The molecule has 1 rings (SSSR count). The zero-order chi connectivity index (χ0) is 14.1. The third-order valence-electron chi connectivity index (χ3n) is 2.39. The highest BCUT2D eigenvalue weighted by Crippen LogP contribution is 2.16. The summed E-state index contributed by atoms with van der Waals surface area (Å²) in [4.78, 5) is 11.0. The van der Waals surface area contributed by atoms with E-state index in [2.05, 4.69) is 10.1 Å². The van der Waals surface area contributed by atoms with Gasteiger partial charge in [0.1, 0.15) is 23.5 Å². The van der Waals surface area contributed by atoms with Crippen molar-refractivity contribution in [2.24, 2.45) is 0 Å². The second kappa shape index (κ2) is 8.61. The van der Waals surface area contributed by atoms with Crippen LogP contribution in [0.4, 0.5) is 0 Å². The number of ether oxygens (including phenoxy) is 3. The van der Waals surface area contributed by atoms with Crippen LogP contribution in [-0.2, 0) is 9.53 Å². The van der Waals surface area contributed by atoms with Crippen LogP contribution in [0.5, 0.6) is 11.5 Å². The quantitative estimate of drug-likeness (QED) is 0.445. The monoisotopic (exact) mass is 287 g/mol. The Labute approximate surface area is 117 Å². The third-order valence-corrected chi connectivity index (χ3v) is 2.72. The highest BCUT2D eigenvalue weighted by molar-refractivity contribution is 6.30. The second-order valence-electron chi connectivity index (χ2n) is 3.72. The fourth-order valence-corrected chi connectivity index (χ4v) is 1.55. The molecule has 1 aromatic carbocycles. The van der Waals surface area contributed by atoms with Crippen LogP contribution in [0.1, 0.15) is 0 Å². The summed E-state index contributed by atoms with van der Waals surface area (Å²) in [6.45, 7) is 1.42. The normalized spacial score (nSPS) is 11.7. The van der Waals surface area contributed by atoms with Gasteiger partial charge < -0.3 is 19.5 Å². The molecule has 0 aliphatic rings. The Morgan fingerprint density at radius 3 is 2.47 bits per heavy atom. The first-order chi connectivity index (χ1) is 9.17. The number of esters is 1. The lowest BCUT2D eigenvalue weighted by Gasteiger charge is -2.10. The molecule has 0 heterocycles. The Bertz CT molecular complexity index is 383. The molecule has 0 saturated heterocycles. The minimum absolute atomic E-state index is 0.347. The van der Waals surface area contributed by atoms with Gasteiger partial charge in [-0.05, 0) is 24.3 Å². The van der Waals surface area contributed by atoms with Crippen molar-refractivity contribution in [1.29, 1.82) is 0 Å². The molecule has 1 aromatic rings. The molecule has 19 heavy (non-hydrogen) atoms. The Hall–Kier alpha value is -1.46. The number of carbonyl (C=O) groups is 1. The van der Waals surface area contributed by atoms with Crippen molar-refractivity contribution in [3.8, 4) is 11.5 Å². The van der Waals surface area contributed by atoms with E-state index in [1.807, 2.05) is 24.3 Å². The minimum Gasteiger partial charge on any atom is -0.497 e. The number of methoxy groups -OCH3 is 2. The van der Waals surface area contributed by atoms with Crippen molar-refractivity contribution in [2.75, 3.05) is 33.9 Å². The van der Waals surface area contributed by atoms with Crippen LogP contribution in [0.2, 0.25) is 0 Å². The fraction of sp³-hybridized carbons (Fsp3) is 0.462. The first-order valence-corrected chi connectivity index (χ1v) is 6.30. The number of hydrogen-bond donors (Lipinski definition) is 1. The van der Waals surface area contributed by atoms with Crippen molar-refractivity contribution in [2.45, 2.75) is 5.38 Å². The van der Waals surface area contributed by atoms with Gasteiger partial charge in [-0.2, -0.15) is 0 Å². The van der Waals surface area contributed by atoms with Gasteiger partial charge in [-0.1, -0.05) is 0 Å². The zero-order valence-electron chi connectivity index (χ0n) is 11.0. The molecule has 0 radical (unpaired) electrons. The average Bonchev–Trinajstić information content (AvgIpc) is 2.46. The van der Waals surface area contributed by atoms with Gasteiger partial charge in [0.2, 0.25) is 0 Å². The molecule has 106 valence electrons. The lowest BCUT2D eigenvalue weighted by atomic mass is 10.3. The van der Waals surface area contributed by atoms with Gasteiger partial charge in [0, 0.05) is 13.1 Å². The number of nitrogens with one attached hydrogen (secondary N) is 1. The van der Waals surface area contributed by atoms with E-state index in [0.717, 1.165) is 11.5 Å². The summed E-state index contributed by atoms with van der Waals surface area (Å²) >= 11 is 5.77. The summed E-state index contributed by atoms with van der Waals surface area (Å²) in [5, 5.41) is 2.34. The Balaban J connectivity index is 2.15. The van der Waals surface area contributed by atoms with Gasteiger partial charge in [0.15, 0.2) is 0 Å². The molecule has 0 spiro atoms. The molecule has 6 heteroatoms. The summed E-state index contributed by atoms with van der Waals surface area (Å²) in [6.07, 6.45) is 0. The Morgan fingerprint density at radius 2 is 1.89 bits per heavy atom. The van der Waals surface area contributed by atoms with Crippen LogP contribution in [0.3, 0.4) is 0 Å². The molecular weight excluding hydrogens is 270 g/mol. The largest absolute Gasteiger partial charge is 0.497 e. The molecule has 1 N–H and O–H groups in total. The number of hydrogen-bond acceptors (Lipinski definition) is 5. The lowest BCUT2D eigenvalue weighted by molar-refractivity contribution is -0.140. The molecule has 0 saturated carbocycles. The summed E-state index contributed by atoms with van der Waals surface area (Å²) < 4.78 is 15.0. The van der Waals surface area contributed by atoms with Gasteiger partial charge in [-0.3, -0.25) is 4.79 Å². The van der Waals surface area contributed by atoms with Crippen LogP contribution >= 0.6 is 11.6 Å². The zero-order valence-corrected chi connectivity index (χ0v) is 11.8. The number of benzene rings is 1. The number of halogens is 1. The van der Waals surface area contributed by atoms with E-state index in [9.17, 15) is 4.79 Å². The third kappa shape index (κ3) is 5.81. The van der Waals surface area contributed by atoms with E-state index in [1.54, 1.807) is 7.11 Å². The highest BCUT2D eigenvalue weighted by Gasteiger charge is 2.14. The van der Waals surface area contributed by atoms with E-state index in [-0.39, 0.29) is 0 Å². The number of carbonyl (C=O) groups excluding carboxylic acids is 1. The maximum absolute atomic E-state index is 11.0. The van der Waals surface area contributed by atoms with E-state index in [0.29, 0.717) is 19.7 Å². The standard InChI is InChI=1S/C13H18ClNO4/c1-17-10-3-5-11(6-4-10)19-8-7-15-9-12(14)13(16)18-2/h3-6,12,15H,7-9H2,1-2H3. The van der Waals surface area contributed by atoms with Crippen molar-refractivity contribution >= 4 is 17.6 Å². The number of alkyl halides is 1. The topological polar surface area (TPSA) is 56.8 Å². The molecule has 0 aliphatic heterocycles. The highest BCUT2D eigenvalue weighted by atomic mass is 35.5. The van der Waals surface area contributed by atoms with Crippen LogP contribution in [0.25, 0.3) is 0 Å². The van der Waals surface area contributed by atoms with Gasteiger partial charge in [-0.25, -0.2) is 0 Å². The predicted octanol–water partition coefficient (Wildman–Crippen LogP) is 1.44. The molecular formula is C13H18ClNO4. The average molecular weight is 288 g/mol. The van der Waals surface area contributed by atoms with Gasteiger partial charge >= 0.3 is 5.97 Å². The maximum atomic E-state index is 11.0. The molecule has 0 bridgehead atoms. The van der Waals surface area contributed by atoms with Crippen molar-refractivity contribution in [3.05, 3.63) is 24.3 Å². The summed E-state index contributed by atoms with van der Waals surface area (Å²) in [5.41, 5.74) is 0. The molecule has 0 amide bonds. The van der Waals surface area contributed by atoms with Crippen molar-refractivity contribution < 1.29 is 19.0 Å². The Morgan fingerprint density at radius 1 is 1.26 bits per heavy atom. The van der Waals surface area contributed by atoms with Crippen molar-refractivity contribution in [1.82, 2.24) is 5.32 Å². The minimum atomic E-state index is -0.675. The van der Waals surface area contributed by atoms with Gasteiger partial charge in [0.05, 0.1) is 14.2 Å². The van der Waals surface area contributed by atoms with Crippen LogP contribution in [-0.4, -0.2) is 45.3 Å². The van der Waals surface area contributed by atoms with Crippen LogP contribution in [0, 0.1) is 0 Å². The van der Waals surface area contributed by atoms with E-state index in [4.69, 9.17) is 21.1 Å². The molecule has 0 aromatic heterocycles. The maximum Gasteiger partial charge on any atom is 0.325 e. The SMILES string of the molecule is COC(=O)C(Cl)CNCCOc1ccc(OC)cc1. The lowest BCUT2D eigenvalue weighted by Crippen LogP contribution is -2.32. The first kappa shape index (κ1) is 15.6. The summed E-state index contributed by atoms with van der Waals surface area (Å²) in [7, 11) is 2.92. The fourth-order valence-electron chi connectivity index (χ4n) is 1.35. The smallest absolute Gasteiger partial charge is 0.325 e. The predicted molar refractivity (Wildman–Crippen MR) is 73.0 cm³/mol. The number of rotatable bonds is 8. The molecule has 1 atom stereocenters. The van der Waals surface area contributed by atoms with Crippen LogP contribution < -0.4 is 14.8 Å². The van der Waals surface area contributed by atoms with Gasteiger partial charge in [-0.15, -0.1) is 11.6 Å². The summed E-state index contributed by atoms with van der Waals surface area (Å²) in [5.74, 6) is 1.11. The van der Waals surface area contributed by atoms with E-state index < -0.39 is 11.3 Å². The molecule has 0 fully saturated rings.